The smallest absolute Gasteiger partial charge is 0.337 e. The van der Waals surface area contributed by atoms with Crippen molar-refractivity contribution < 1.29 is 32.3 Å². The summed E-state index contributed by atoms with van der Waals surface area (Å²) in [7, 11) is -2.31. The lowest BCUT2D eigenvalue weighted by molar-refractivity contribution is -0.121. The maximum absolute atomic E-state index is 12.9. The third kappa shape index (κ3) is 4.96. The van der Waals surface area contributed by atoms with Gasteiger partial charge < -0.3 is 19.7 Å². The Hall–Kier alpha value is -3.28. The second-order valence-corrected chi connectivity index (χ2v) is 9.85. The van der Waals surface area contributed by atoms with Gasteiger partial charge in [0.1, 0.15) is 6.54 Å². The summed E-state index contributed by atoms with van der Waals surface area (Å²) >= 11 is 0. The van der Waals surface area contributed by atoms with Gasteiger partial charge in [0.05, 0.1) is 42.2 Å². The molecule has 10 nitrogen and oxygen atoms in total. The van der Waals surface area contributed by atoms with Crippen LogP contribution < -0.4 is 10.2 Å². The minimum absolute atomic E-state index is 0.125. The first kappa shape index (κ1) is 23.9. The number of anilines is 2. The highest BCUT2D eigenvalue weighted by Crippen LogP contribution is 2.31. The molecule has 2 aliphatic heterocycles. The van der Waals surface area contributed by atoms with Crippen LogP contribution in [0.3, 0.4) is 0 Å². The molecule has 2 aromatic rings. The second kappa shape index (κ2) is 9.92. The number of carbonyl (C=O) groups is 3. The van der Waals surface area contributed by atoms with Crippen molar-refractivity contribution >= 4 is 39.2 Å². The number of methoxy groups -OCH3 is 1. The van der Waals surface area contributed by atoms with E-state index in [0.717, 1.165) is 5.56 Å². The fourth-order valence-electron chi connectivity index (χ4n) is 3.91. The number of fused-ring (bicyclic) bond motifs is 1. The van der Waals surface area contributed by atoms with Crippen molar-refractivity contribution in [1.82, 2.24) is 4.31 Å². The molecule has 34 heavy (non-hydrogen) atoms. The number of aryl methyl sites for hydroxylation is 1. The first-order chi connectivity index (χ1) is 16.3. The average molecular weight is 488 g/mol. The highest BCUT2D eigenvalue weighted by molar-refractivity contribution is 7.89. The van der Waals surface area contributed by atoms with E-state index in [9.17, 15) is 22.8 Å². The van der Waals surface area contributed by atoms with Crippen LogP contribution in [0.1, 0.15) is 22.3 Å². The van der Waals surface area contributed by atoms with Gasteiger partial charge >= 0.3 is 5.97 Å². The van der Waals surface area contributed by atoms with Gasteiger partial charge in [-0.05, 0) is 42.3 Å². The molecule has 0 bridgehead atoms. The van der Waals surface area contributed by atoms with Crippen LogP contribution in [0, 0.1) is 0 Å². The topological polar surface area (TPSA) is 122 Å². The van der Waals surface area contributed by atoms with Gasteiger partial charge in [-0.2, -0.15) is 4.31 Å². The molecular formula is C23H25N3O7S. The number of nitrogens with zero attached hydrogens (tertiary/aromatic N) is 2. The van der Waals surface area contributed by atoms with E-state index in [0.29, 0.717) is 44.1 Å². The fraction of sp³-hybridized carbons (Fsp3) is 0.348. The van der Waals surface area contributed by atoms with Gasteiger partial charge in [0.25, 0.3) is 0 Å². The first-order valence-electron chi connectivity index (χ1n) is 10.8. The van der Waals surface area contributed by atoms with Crippen molar-refractivity contribution in [3.63, 3.8) is 0 Å². The maximum Gasteiger partial charge on any atom is 0.337 e. The molecule has 2 amide bonds. The Morgan fingerprint density at radius 2 is 1.79 bits per heavy atom. The molecule has 2 aliphatic rings. The van der Waals surface area contributed by atoms with Crippen LogP contribution in [0.2, 0.25) is 0 Å². The van der Waals surface area contributed by atoms with Gasteiger partial charge in [-0.15, -0.1) is 0 Å². The number of carbonyl (C=O) groups excluding carboxylic acids is 3. The minimum atomic E-state index is -3.58. The van der Waals surface area contributed by atoms with Crippen molar-refractivity contribution in [2.24, 2.45) is 0 Å². The number of hydrogen-bond acceptors (Lipinski definition) is 7. The Morgan fingerprint density at radius 1 is 1.09 bits per heavy atom. The molecule has 180 valence electrons. The van der Waals surface area contributed by atoms with Crippen LogP contribution in [0.15, 0.2) is 47.4 Å². The van der Waals surface area contributed by atoms with Gasteiger partial charge in [-0.25, -0.2) is 13.2 Å². The Balaban J connectivity index is 1.43. The molecule has 1 N–H and O–H groups in total. The second-order valence-electron chi connectivity index (χ2n) is 7.91. The van der Waals surface area contributed by atoms with Crippen LogP contribution in [0.25, 0.3) is 0 Å². The van der Waals surface area contributed by atoms with Crippen LogP contribution in [-0.4, -0.2) is 70.5 Å². The van der Waals surface area contributed by atoms with E-state index in [1.165, 1.54) is 28.4 Å². The third-order valence-corrected chi connectivity index (χ3v) is 7.66. The zero-order valence-electron chi connectivity index (χ0n) is 18.7. The molecule has 0 unspecified atom stereocenters. The SMILES string of the molecule is COC(=O)c1ccc2c(c1)NC(=O)CN2C(=O)CCc1ccc(S(=O)(=O)N2CCOCC2)cc1. The number of benzene rings is 2. The van der Waals surface area contributed by atoms with Crippen LogP contribution in [0.5, 0.6) is 0 Å². The molecule has 0 radical (unpaired) electrons. The number of hydrogen-bond donors (Lipinski definition) is 1. The predicted molar refractivity (Wildman–Crippen MR) is 123 cm³/mol. The molecule has 0 spiro atoms. The van der Waals surface area contributed by atoms with Crippen molar-refractivity contribution in [1.29, 1.82) is 0 Å². The Kier molecular flexibility index (Phi) is 6.96. The number of rotatable bonds is 6. The fourth-order valence-corrected chi connectivity index (χ4v) is 5.32. The molecule has 2 aromatic carbocycles. The third-order valence-electron chi connectivity index (χ3n) is 5.74. The zero-order chi connectivity index (χ0) is 24.3. The van der Waals surface area contributed by atoms with Gasteiger partial charge in [0.15, 0.2) is 0 Å². The Morgan fingerprint density at radius 3 is 2.47 bits per heavy atom. The van der Waals surface area contributed by atoms with E-state index >= 15 is 0 Å². The van der Waals surface area contributed by atoms with Crippen LogP contribution >= 0.6 is 0 Å². The average Bonchev–Trinajstić information content (AvgIpc) is 2.86. The molecule has 0 saturated carbocycles. The molecule has 4 rings (SSSR count). The summed E-state index contributed by atoms with van der Waals surface area (Å²) in [6, 6.07) is 11.1. The molecule has 1 fully saturated rings. The van der Waals surface area contributed by atoms with E-state index < -0.39 is 16.0 Å². The number of morpholine rings is 1. The van der Waals surface area contributed by atoms with Crippen molar-refractivity contribution in [3.8, 4) is 0 Å². The summed E-state index contributed by atoms with van der Waals surface area (Å²) in [6.07, 6.45) is 0.505. The van der Waals surface area contributed by atoms with E-state index in [4.69, 9.17) is 9.47 Å². The van der Waals surface area contributed by atoms with Gasteiger partial charge in [0.2, 0.25) is 21.8 Å². The van der Waals surface area contributed by atoms with E-state index in [1.807, 2.05) is 0 Å². The molecule has 0 aromatic heterocycles. The molecule has 2 heterocycles. The lowest BCUT2D eigenvalue weighted by Crippen LogP contribution is -2.42. The van der Waals surface area contributed by atoms with Gasteiger partial charge in [-0.3, -0.25) is 9.59 Å². The summed E-state index contributed by atoms with van der Waals surface area (Å²) in [5.74, 6) is -1.16. The monoisotopic (exact) mass is 487 g/mol. The predicted octanol–water partition coefficient (Wildman–Crippen LogP) is 1.41. The number of sulfonamides is 1. The van der Waals surface area contributed by atoms with Crippen molar-refractivity contribution in [2.45, 2.75) is 17.7 Å². The molecule has 11 heteroatoms. The van der Waals surface area contributed by atoms with Crippen LogP contribution in [0.4, 0.5) is 11.4 Å². The van der Waals surface area contributed by atoms with E-state index in [1.54, 1.807) is 30.3 Å². The normalized spacial score (nSPS) is 16.5. The number of esters is 1. The highest BCUT2D eigenvalue weighted by Gasteiger charge is 2.28. The summed E-state index contributed by atoms with van der Waals surface area (Å²) in [4.78, 5) is 38.4. The molecule has 0 aliphatic carbocycles. The van der Waals surface area contributed by atoms with Crippen LogP contribution in [-0.2, 0) is 35.5 Å². The molecule has 0 atom stereocenters. The lowest BCUT2D eigenvalue weighted by atomic mass is 10.1. The summed E-state index contributed by atoms with van der Waals surface area (Å²) in [5.41, 5.74) is 1.94. The quantitative estimate of drug-likeness (QED) is 0.612. The summed E-state index contributed by atoms with van der Waals surface area (Å²) in [5, 5.41) is 2.68. The number of amides is 2. The summed E-state index contributed by atoms with van der Waals surface area (Å²) in [6.45, 7) is 1.28. The first-order valence-corrected chi connectivity index (χ1v) is 12.2. The molecular weight excluding hydrogens is 462 g/mol. The Bertz CT molecular complexity index is 1210. The number of nitrogens with one attached hydrogen (secondary N) is 1. The minimum Gasteiger partial charge on any atom is -0.465 e. The largest absolute Gasteiger partial charge is 0.465 e. The Labute approximate surface area is 197 Å². The van der Waals surface area contributed by atoms with Crippen molar-refractivity contribution in [2.75, 3.05) is 50.2 Å². The highest BCUT2D eigenvalue weighted by atomic mass is 32.2. The van der Waals surface area contributed by atoms with Crippen molar-refractivity contribution in [3.05, 3.63) is 53.6 Å². The zero-order valence-corrected chi connectivity index (χ0v) is 19.5. The number of ether oxygens (including phenoxy) is 2. The van der Waals surface area contributed by atoms with Gasteiger partial charge in [0, 0.05) is 19.5 Å². The summed E-state index contributed by atoms with van der Waals surface area (Å²) < 4.78 is 36.8. The maximum atomic E-state index is 12.9. The van der Waals surface area contributed by atoms with E-state index in [2.05, 4.69) is 5.32 Å². The van der Waals surface area contributed by atoms with E-state index in [-0.39, 0.29) is 35.2 Å². The molecule has 1 saturated heterocycles. The van der Waals surface area contributed by atoms with Gasteiger partial charge in [-0.1, -0.05) is 12.1 Å². The lowest BCUT2D eigenvalue weighted by Gasteiger charge is -2.29. The standard InChI is InChI=1S/C23H25N3O7S/c1-32-23(29)17-5-8-20-19(14-17)24-21(27)15-26(20)22(28)9-4-16-2-6-18(7-3-16)34(30,31)25-10-12-33-13-11-25/h2-3,5-8,14H,4,9-13,15H2,1H3,(H,24,27).